The Morgan fingerprint density at radius 3 is 2.38 bits per heavy atom. The van der Waals surface area contributed by atoms with Gasteiger partial charge in [0, 0.05) is 0 Å². The number of hydrogen-bond donors (Lipinski definition) is 1. The number of hydrogen-bond acceptors (Lipinski definition) is 6. The van der Waals surface area contributed by atoms with E-state index >= 15 is 0 Å². The largest absolute Gasteiger partial charge is 0.569 e. The lowest BCUT2D eigenvalue weighted by atomic mass is 10.1. The van der Waals surface area contributed by atoms with Crippen LogP contribution in [0.2, 0.25) is 0 Å². The lowest BCUT2D eigenvalue weighted by Gasteiger charge is -2.30. The van der Waals surface area contributed by atoms with Gasteiger partial charge in [0.15, 0.2) is 0 Å². The standard InChI is InChI=1S/C12H12N4O5/c17-8-5-14(6-8)16(20)13-21-7-15-11(18)9-3-1-2-4-10(9)12(15)19/h1-4,8,17H,5-7H2/b16-13-. The Morgan fingerprint density at radius 1 is 1.29 bits per heavy atom. The molecule has 1 aromatic rings. The maximum Gasteiger partial charge on any atom is 0.264 e. The minimum Gasteiger partial charge on any atom is -0.569 e. The van der Waals surface area contributed by atoms with E-state index in [4.69, 9.17) is 9.94 Å². The number of aliphatic hydroxyl groups excluding tert-OH is 1. The summed E-state index contributed by atoms with van der Waals surface area (Å²) >= 11 is 0. The van der Waals surface area contributed by atoms with Crippen molar-refractivity contribution in [3.63, 3.8) is 0 Å². The van der Waals surface area contributed by atoms with Gasteiger partial charge in [-0.05, 0) is 12.1 Å². The zero-order chi connectivity index (χ0) is 15.0. The van der Waals surface area contributed by atoms with Crippen LogP contribution < -0.4 is 0 Å². The van der Waals surface area contributed by atoms with Gasteiger partial charge in [0.1, 0.15) is 19.2 Å². The second kappa shape index (κ2) is 5.02. The fourth-order valence-corrected chi connectivity index (χ4v) is 2.11. The van der Waals surface area contributed by atoms with Gasteiger partial charge in [0.05, 0.1) is 16.1 Å². The number of hydrazine groups is 1. The number of nitrogens with zero attached hydrogens (tertiary/aromatic N) is 4. The zero-order valence-corrected chi connectivity index (χ0v) is 10.9. The van der Waals surface area contributed by atoms with E-state index < -0.39 is 24.6 Å². The first-order valence-electron chi connectivity index (χ1n) is 6.26. The van der Waals surface area contributed by atoms with Gasteiger partial charge in [-0.15, -0.1) is 5.01 Å². The molecule has 0 atom stereocenters. The van der Waals surface area contributed by atoms with Gasteiger partial charge < -0.3 is 15.2 Å². The predicted octanol–water partition coefficient (Wildman–Crippen LogP) is -0.274. The van der Waals surface area contributed by atoms with Crippen LogP contribution in [0, 0.1) is 5.21 Å². The molecule has 2 heterocycles. The van der Waals surface area contributed by atoms with Crippen LogP contribution in [0.25, 0.3) is 0 Å². The molecule has 0 aliphatic carbocycles. The van der Waals surface area contributed by atoms with Gasteiger partial charge in [0.25, 0.3) is 11.8 Å². The smallest absolute Gasteiger partial charge is 0.264 e. The Hall–Kier alpha value is -2.68. The summed E-state index contributed by atoms with van der Waals surface area (Å²) in [6.45, 7) is -0.103. The van der Waals surface area contributed by atoms with E-state index in [2.05, 4.69) is 5.28 Å². The highest BCUT2D eigenvalue weighted by Crippen LogP contribution is 2.22. The van der Waals surface area contributed by atoms with Gasteiger partial charge in [-0.25, -0.2) is 4.90 Å². The molecular weight excluding hydrogens is 280 g/mol. The van der Waals surface area contributed by atoms with E-state index in [1.54, 1.807) is 24.3 Å². The summed E-state index contributed by atoms with van der Waals surface area (Å²) in [4.78, 5) is 29.7. The molecule has 1 aromatic carbocycles. The van der Waals surface area contributed by atoms with Gasteiger partial charge in [-0.2, -0.15) is 0 Å². The van der Waals surface area contributed by atoms with E-state index in [9.17, 15) is 14.8 Å². The maximum atomic E-state index is 12.0. The van der Waals surface area contributed by atoms with E-state index in [0.29, 0.717) is 11.1 Å². The van der Waals surface area contributed by atoms with Crippen molar-refractivity contribution in [3.8, 4) is 0 Å². The topological polar surface area (TPSA) is 109 Å². The highest BCUT2D eigenvalue weighted by atomic mass is 16.7. The monoisotopic (exact) mass is 292 g/mol. The molecular formula is C12H12N4O5. The number of β-amino-alcohol motifs (C(OH)–C–C–N with tert-alkyl or cyclic N) is 1. The lowest BCUT2D eigenvalue weighted by molar-refractivity contribution is -0.727. The molecule has 1 saturated heterocycles. The Kier molecular flexibility index (Phi) is 3.18. The molecule has 9 nitrogen and oxygen atoms in total. The zero-order valence-electron chi connectivity index (χ0n) is 10.9. The molecule has 1 fully saturated rings. The minimum atomic E-state index is -0.548. The average molecular weight is 292 g/mol. The second-order valence-corrected chi connectivity index (χ2v) is 4.70. The third-order valence-electron chi connectivity index (χ3n) is 3.28. The first kappa shape index (κ1) is 13.3. The van der Waals surface area contributed by atoms with Crippen LogP contribution >= 0.6 is 0 Å². The van der Waals surface area contributed by atoms with E-state index in [-0.39, 0.29) is 18.1 Å². The molecule has 1 N–H and O–H groups in total. The van der Waals surface area contributed by atoms with Gasteiger partial charge in [-0.1, -0.05) is 12.1 Å². The van der Waals surface area contributed by atoms with E-state index in [0.717, 1.165) is 4.90 Å². The van der Waals surface area contributed by atoms with E-state index in [1.807, 2.05) is 0 Å². The van der Waals surface area contributed by atoms with Crippen LogP contribution in [0.3, 0.4) is 0 Å². The SMILES string of the molecule is O=C1c2ccccc2C(=O)N1CO/N=[N+](\[O-])N1CC(O)C1. The number of fused-ring (bicyclic) bond motifs is 1. The summed E-state index contributed by atoms with van der Waals surface area (Å²) in [5, 5.41) is 24.8. The normalized spacial score (nSPS) is 18.8. The molecule has 0 bridgehead atoms. The fourth-order valence-electron chi connectivity index (χ4n) is 2.11. The fraction of sp³-hybridized carbons (Fsp3) is 0.333. The van der Waals surface area contributed by atoms with Crippen LogP contribution in [0.5, 0.6) is 0 Å². The summed E-state index contributed by atoms with van der Waals surface area (Å²) in [7, 11) is 0. The molecule has 0 saturated carbocycles. The van der Waals surface area contributed by atoms with Gasteiger partial charge >= 0.3 is 0 Å². The van der Waals surface area contributed by atoms with Gasteiger partial charge in [0.2, 0.25) is 12.0 Å². The van der Waals surface area contributed by atoms with Crippen molar-refractivity contribution < 1.29 is 24.5 Å². The molecule has 0 radical (unpaired) electrons. The molecule has 2 aliphatic heterocycles. The van der Waals surface area contributed by atoms with Gasteiger partial charge in [-0.3, -0.25) is 9.59 Å². The number of carbonyl (C=O) groups is 2. The average Bonchev–Trinajstić information content (AvgIpc) is 2.69. The van der Waals surface area contributed by atoms with Crippen molar-refractivity contribution in [1.82, 2.24) is 9.91 Å². The Morgan fingerprint density at radius 2 is 1.86 bits per heavy atom. The quantitative estimate of drug-likeness (QED) is 0.354. The first-order chi connectivity index (χ1) is 10.1. The summed E-state index contributed by atoms with van der Waals surface area (Å²) in [5.41, 5.74) is 0.604. The van der Waals surface area contributed by atoms with Crippen LogP contribution in [0.4, 0.5) is 0 Å². The van der Waals surface area contributed by atoms with Crippen LogP contribution in [0.15, 0.2) is 29.5 Å². The number of benzene rings is 1. The molecule has 9 heteroatoms. The maximum absolute atomic E-state index is 12.0. The second-order valence-electron chi connectivity index (χ2n) is 4.70. The van der Waals surface area contributed by atoms with Crippen LogP contribution in [0.1, 0.15) is 20.7 Å². The Balaban J connectivity index is 1.61. The first-order valence-corrected chi connectivity index (χ1v) is 6.26. The van der Waals surface area contributed by atoms with Crippen molar-refractivity contribution in [1.29, 1.82) is 0 Å². The molecule has 110 valence electrons. The molecule has 0 spiro atoms. The van der Waals surface area contributed by atoms with Crippen molar-refractivity contribution in [2.75, 3.05) is 19.8 Å². The van der Waals surface area contributed by atoms with Crippen molar-refractivity contribution in [2.45, 2.75) is 6.10 Å². The van der Waals surface area contributed by atoms with Crippen molar-refractivity contribution >= 4 is 11.8 Å². The Labute approximate surface area is 119 Å². The predicted molar refractivity (Wildman–Crippen MR) is 66.5 cm³/mol. The minimum absolute atomic E-state index is 0.170. The highest BCUT2D eigenvalue weighted by molar-refractivity contribution is 6.21. The van der Waals surface area contributed by atoms with Crippen molar-refractivity contribution in [3.05, 3.63) is 40.6 Å². The van der Waals surface area contributed by atoms with Crippen LogP contribution in [-0.2, 0) is 4.84 Å². The molecule has 21 heavy (non-hydrogen) atoms. The van der Waals surface area contributed by atoms with E-state index in [1.165, 1.54) is 5.01 Å². The Bertz CT molecular complexity index is 591. The summed E-state index contributed by atoms with van der Waals surface area (Å²) in [6.07, 6.45) is -0.548. The highest BCUT2D eigenvalue weighted by Gasteiger charge is 2.36. The third kappa shape index (κ3) is 2.27. The number of imide groups is 1. The van der Waals surface area contributed by atoms with Crippen LogP contribution in [-0.4, -0.2) is 57.7 Å². The number of carbonyl (C=O) groups excluding carboxylic acids is 2. The number of rotatable bonds is 4. The number of amides is 2. The number of aliphatic hydroxyl groups is 1. The molecule has 2 amide bonds. The summed E-state index contributed by atoms with van der Waals surface area (Å²) in [5.74, 6) is -0.967. The lowest BCUT2D eigenvalue weighted by Crippen LogP contribution is -2.53. The molecule has 0 unspecified atom stereocenters. The molecule has 0 aromatic heterocycles. The summed E-state index contributed by atoms with van der Waals surface area (Å²) in [6, 6.07) is 6.42. The molecule has 2 aliphatic rings. The molecule has 3 rings (SSSR count). The summed E-state index contributed by atoms with van der Waals surface area (Å²) < 4.78 is 0. The third-order valence-corrected chi connectivity index (χ3v) is 3.28. The van der Waals surface area contributed by atoms with Crippen molar-refractivity contribution in [2.24, 2.45) is 5.28 Å².